The van der Waals surface area contributed by atoms with Crippen LogP contribution in [0.2, 0.25) is 0 Å². The van der Waals surface area contributed by atoms with E-state index in [-0.39, 0.29) is 12.0 Å². The number of rotatable bonds is 9. The highest BCUT2D eigenvalue weighted by molar-refractivity contribution is 5.81. The van der Waals surface area contributed by atoms with Gasteiger partial charge in [0.05, 0.1) is 18.8 Å². The van der Waals surface area contributed by atoms with E-state index in [0.29, 0.717) is 19.6 Å². The van der Waals surface area contributed by atoms with E-state index in [9.17, 15) is 4.79 Å². The lowest BCUT2D eigenvalue weighted by atomic mass is 10.1. The van der Waals surface area contributed by atoms with Crippen molar-refractivity contribution in [1.29, 1.82) is 0 Å². The molecule has 2 unspecified atom stereocenters. The molecule has 1 amide bonds. The molecule has 0 aliphatic rings. The van der Waals surface area contributed by atoms with Crippen molar-refractivity contribution in [1.82, 2.24) is 5.32 Å². The number of aryl methyl sites for hydroxylation is 1. The van der Waals surface area contributed by atoms with Crippen molar-refractivity contribution in [3.63, 3.8) is 0 Å². The third-order valence-corrected chi connectivity index (χ3v) is 3.11. The van der Waals surface area contributed by atoms with Crippen LogP contribution >= 0.6 is 0 Å². The first kappa shape index (κ1) is 16.6. The van der Waals surface area contributed by atoms with Crippen molar-refractivity contribution in [2.24, 2.45) is 5.73 Å². The molecule has 0 bridgehead atoms. The third kappa shape index (κ3) is 6.14. The number of methoxy groups -OCH3 is 2. The van der Waals surface area contributed by atoms with Crippen LogP contribution in [0.25, 0.3) is 0 Å². The molecular formula is C15H24N2O3. The molecule has 3 N–H and O–H groups in total. The van der Waals surface area contributed by atoms with Crippen LogP contribution in [0.4, 0.5) is 0 Å². The molecule has 1 aromatic rings. The Morgan fingerprint density at radius 1 is 1.30 bits per heavy atom. The lowest BCUT2D eigenvalue weighted by Crippen LogP contribution is -2.44. The first-order chi connectivity index (χ1) is 9.67. The molecule has 0 aromatic heterocycles. The maximum Gasteiger partial charge on any atom is 0.237 e. The molecule has 0 aliphatic carbocycles. The summed E-state index contributed by atoms with van der Waals surface area (Å²) in [7, 11) is 3.19. The van der Waals surface area contributed by atoms with Crippen molar-refractivity contribution >= 4 is 5.91 Å². The number of carbonyl (C=O) groups excluding carboxylic acids is 1. The van der Waals surface area contributed by atoms with E-state index in [4.69, 9.17) is 15.2 Å². The fourth-order valence-corrected chi connectivity index (χ4v) is 1.84. The predicted octanol–water partition coefficient (Wildman–Crippen LogP) is 0.724. The highest BCUT2D eigenvalue weighted by atomic mass is 16.5. The Kier molecular flexibility index (Phi) is 7.87. The molecule has 5 heteroatoms. The first-order valence-corrected chi connectivity index (χ1v) is 6.76. The summed E-state index contributed by atoms with van der Waals surface area (Å²) < 4.78 is 10.2. The Morgan fingerprint density at radius 2 is 2.00 bits per heavy atom. The van der Waals surface area contributed by atoms with Gasteiger partial charge in [-0.15, -0.1) is 0 Å². The smallest absolute Gasteiger partial charge is 0.237 e. The molecule has 2 atom stereocenters. The molecule has 5 nitrogen and oxygen atoms in total. The average molecular weight is 280 g/mol. The molecule has 0 aliphatic heterocycles. The Hall–Kier alpha value is -1.43. The van der Waals surface area contributed by atoms with Crippen molar-refractivity contribution in [2.45, 2.75) is 25.0 Å². The minimum Gasteiger partial charge on any atom is -0.382 e. The SMILES string of the molecule is COCC(CNC(=O)C(N)CCc1ccccc1)OC. The number of carbonyl (C=O) groups is 1. The largest absolute Gasteiger partial charge is 0.382 e. The van der Waals surface area contributed by atoms with Crippen LogP contribution in [0.15, 0.2) is 30.3 Å². The minimum atomic E-state index is -0.504. The van der Waals surface area contributed by atoms with Crippen molar-refractivity contribution < 1.29 is 14.3 Å². The lowest BCUT2D eigenvalue weighted by molar-refractivity contribution is -0.123. The quantitative estimate of drug-likeness (QED) is 0.699. The molecule has 1 aromatic carbocycles. The predicted molar refractivity (Wildman–Crippen MR) is 78.4 cm³/mol. The fraction of sp³-hybridized carbons (Fsp3) is 0.533. The summed E-state index contributed by atoms with van der Waals surface area (Å²) in [6, 6.07) is 9.49. The molecule has 0 radical (unpaired) electrons. The zero-order valence-electron chi connectivity index (χ0n) is 12.2. The number of benzene rings is 1. The van der Waals surface area contributed by atoms with Gasteiger partial charge in [0.15, 0.2) is 0 Å². The summed E-state index contributed by atoms with van der Waals surface area (Å²) in [4.78, 5) is 11.9. The van der Waals surface area contributed by atoms with Crippen molar-refractivity contribution in [2.75, 3.05) is 27.4 Å². The molecule has 0 fully saturated rings. The molecule has 0 saturated heterocycles. The van der Waals surface area contributed by atoms with Crippen LogP contribution in [-0.2, 0) is 20.7 Å². The van der Waals surface area contributed by atoms with Crippen LogP contribution in [0, 0.1) is 0 Å². The second kappa shape index (κ2) is 9.47. The van der Waals surface area contributed by atoms with E-state index >= 15 is 0 Å². The molecular weight excluding hydrogens is 256 g/mol. The van der Waals surface area contributed by atoms with Crippen LogP contribution in [0.1, 0.15) is 12.0 Å². The van der Waals surface area contributed by atoms with Gasteiger partial charge in [-0.25, -0.2) is 0 Å². The summed E-state index contributed by atoms with van der Waals surface area (Å²) in [6.45, 7) is 0.845. The normalized spacial score (nSPS) is 13.8. The maximum absolute atomic E-state index is 11.9. The van der Waals surface area contributed by atoms with Gasteiger partial charge in [0.2, 0.25) is 5.91 Å². The van der Waals surface area contributed by atoms with Gasteiger partial charge in [0.25, 0.3) is 0 Å². The summed E-state index contributed by atoms with van der Waals surface area (Å²) >= 11 is 0. The van der Waals surface area contributed by atoms with Gasteiger partial charge in [0, 0.05) is 20.8 Å². The van der Waals surface area contributed by atoms with Gasteiger partial charge < -0.3 is 20.5 Å². The molecule has 1 rings (SSSR count). The van der Waals surface area contributed by atoms with E-state index in [1.807, 2.05) is 30.3 Å². The number of hydrogen-bond donors (Lipinski definition) is 2. The molecule has 0 heterocycles. The highest BCUT2D eigenvalue weighted by Gasteiger charge is 2.15. The second-order valence-electron chi connectivity index (χ2n) is 4.69. The molecule has 0 saturated carbocycles. The Morgan fingerprint density at radius 3 is 2.60 bits per heavy atom. The highest BCUT2D eigenvalue weighted by Crippen LogP contribution is 2.04. The minimum absolute atomic E-state index is 0.148. The van der Waals surface area contributed by atoms with E-state index in [1.54, 1.807) is 14.2 Å². The van der Waals surface area contributed by atoms with Gasteiger partial charge in [-0.2, -0.15) is 0 Å². The first-order valence-electron chi connectivity index (χ1n) is 6.76. The Labute approximate surface area is 120 Å². The second-order valence-corrected chi connectivity index (χ2v) is 4.69. The fourth-order valence-electron chi connectivity index (χ4n) is 1.84. The van der Waals surface area contributed by atoms with Gasteiger partial charge in [0.1, 0.15) is 0 Å². The van der Waals surface area contributed by atoms with E-state index in [2.05, 4.69) is 5.32 Å². The summed E-state index contributed by atoms with van der Waals surface area (Å²) in [6.07, 6.45) is 1.27. The third-order valence-electron chi connectivity index (χ3n) is 3.11. The number of hydrogen-bond acceptors (Lipinski definition) is 4. The van der Waals surface area contributed by atoms with Crippen LogP contribution < -0.4 is 11.1 Å². The number of ether oxygens (including phenoxy) is 2. The van der Waals surface area contributed by atoms with E-state index < -0.39 is 6.04 Å². The molecule has 112 valence electrons. The van der Waals surface area contributed by atoms with E-state index in [0.717, 1.165) is 6.42 Å². The number of amides is 1. The lowest BCUT2D eigenvalue weighted by Gasteiger charge is -2.17. The summed E-state index contributed by atoms with van der Waals surface area (Å²) in [5.74, 6) is -0.154. The monoisotopic (exact) mass is 280 g/mol. The van der Waals surface area contributed by atoms with Gasteiger partial charge in [-0.05, 0) is 18.4 Å². The topological polar surface area (TPSA) is 73.6 Å². The maximum atomic E-state index is 11.9. The number of nitrogens with two attached hydrogens (primary N) is 1. The van der Waals surface area contributed by atoms with Crippen LogP contribution in [0.3, 0.4) is 0 Å². The zero-order valence-corrected chi connectivity index (χ0v) is 12.2. The van der Waals surface area contributed by atoms with Crippen LogP contribution in [0.5, 0.6) is 0 Å². The molecule has 0 spiro atoms. The van der Waals surface area contributed by atoms with Crippen molar-refractivity contribution in [3.05, 3.63) is 35.9 Å². The average Bonchev–Trinajstić information content (AvgIpc) is 2.49. The van der Waals surface area contributed by atoms with Crippen molar-refractivity contribution in [3.8, 4) is 0 Å². The van der Waals surface area contributed by atoms with E-state index in [1.165, 1.54) is 5.56 Å². The number of nitrogens with one attached hydrogen (secondary N) is 1. The zero-order chi connectivity index (χ0) is 14.8. The van der Waals surface area contributed by atoms with Gasteiger partial charge in [-0.1, -0.05) is 30.3 Å². The summed E-state index contributed by atoms with van der Waals surface area (Å²) in [5, 5.41) is 2.79. The Balaban J connectivity index is 2.28. The van der Waals surface area contributed by atoms with Gasteiger partial charge >= 0.3 is 0 Å². The van der Waals surface area contributed by atoms with Gasteiger partial charge in [-0.3, -0.25) is 4.79 Å². The standard InChI is InChI=1S/C15H24N2O3/c1-19-11-13(20-2)10-17-15(18)14(16)9-8-12-6-4-3-5-7-12/h3-7,13-14H,8-11,16H2,1-2H3,(H,17,18). The Bertz CT molecular complexity index is 384. The van der Waals surface area contributed by atoms with Crippen LogP contribution in [-0.4, -0.2) is 45.4 Å². The summed E-state index contributed by atoms with van der Waals surface area (Å²) in [5.41, 5.74) is 7.07. The molecule has 20 heavy (non-hydrogen) atoms.